The molecule has 2 heterocycles. The molecule has 0 fully saturated rings. The van der Waals surface area contributed by atoms with E-state index in [1.54, 1.807) is 41.9 Å². The molecular formula is C24H20F3N5O2. The SMILES string of the molecule is Cc1ccc([C@H](C)NC(=O)c2cccc(C(F)(F)F)c2)cc1NC(=O)c1cnc2cnccn12. The maximum absolute atomic E-state index is 13.0. The predicted molar refractivity (Wildman–Crippen MR) is 119 cm³/mol. The Morgan fingerprint density at radius 1 is 1.06 bits per heavy atom. The van der Waals surface area contributed by atoms with Gasteiger partial charge in [-0.2, -0.15) is 13.2 Å². The summed E-state index contributed by atoms with van der Waals surface area (Å²) in [5.74, 6) is -1.01. The standard InChI is InChI=1S/C24H20F3N5O2/c1-14-6-7-16(15(2)30-22(33)17-4-3-5-18(10-17)24(25,26)27)11-19(14)31-23(34)20-12-29-21-13-28-8-9-32(20)21/h3-13,15H,1-2H3,(H,30,33)(H,31,34)/t15-/m0/s1. The Labute approximate surface area is 192 Å². The monoisotopic (exact) mass is 467 g/mol. The van der Waals surface area contributed by atoms with Crippen LogP contribution in [0.4, 0.5) is 18.9 Å². The van der Waals surface area contributed by atoms with E-state index in [1.165, 1.54) is 24.5 Å². The summed E-state index contributed by atoms with van der Waals surface area (Å²) in [4.78, 5) is 33.5. The molecule has 0 spiro atoms. The molecule has 0 saturated heterocycles. The van der Waals surface area contributed by atoms with Crippen LogP contribution in [0.5, 0.6) is 0 Å². The average Bonchev–Trinajstić information content (AvgIpc) is 3.24. The second kappa shape index (κ2) is 8.97. The van der Waals surface area contributed by atoms with Crippen LogP contribution < -0.4 is 10.6 Å². The van der Waals surface area contributed by atoms with Gasteiger partial charge in [-0.3, -0.25) is 19.0 Å². The lowest BCUT2D eigenvalue weighted by atomic mass is 10.0. The Morgan fingerprint density at radius 2 is 1.85 bits per heavy atom. The van der Waals surface area contributed by atoms with Gasteiger partial charge in [0.25, 0.3) is 11.8 Å². The third-order valence-electron chi connectivity index (χ3n) is 5.36. The third-order valence-corrected chi connectivity index (χ3v) is 5.36. The minimum atomic E-state index is -4.54. The van der Waals surface area contributed by atoms with E-state index in [4.69, 9.17) is 0 Å². The zero-order valence-electron chi connectivity index (χ0n) is 18.2. The lowest BCUT2D eigenvalue weighted by Crippen LogP contribution is -2.27. The molecule has 0 aliphatic heterocycles. The first-order valence-corrected chi connectivity index (χ1v) is 10.3. The smallest absolute Gasteiger partial charge is 0.346 e. The number of amides is 2. The van der Waals surface area contributed by atoms with E-state index in [-0.39, 0.29) is 11.5 Å². The fourth-order valence-electron chi connectivity index (χ4n) is 3.44. The van der Waals surface area contributed by atoms with Gasteiger partial charge in [-0.25, -0.2) is 4.98 Å². The number of anilines is 1. The number of nitrogens with zero attached hydrogens (tertiary/aromatic N) is 3. The molecule has 0 aliphatic rings. The summed E-state index contributed by atoms with van der Waals surface area (Å²) in [6.45, 7) is 3.53. The molecule has 1 atom stereocenters. The molecule has 0 bridgehead atoms. The number of carbonyl (C=O) groups is 2. The zero-order valence-corrected chi connectivity index (χ0v) is 18.2. The number of alkyl halides is 3. The van der Waals surface area contributed by atoms with Gasteiger partial charge < -0.3 is 10.6 Å². The van der Waals surface area contributed by atoms with E-state index >= 15 is 0 Å². The molecule has 2 N–H and O–H groups in total. The summed E-state index contributed by atoms with van der Waals surface area (Å²) in [7, 11) is 0. The lowest BCUT2D eigenvalue weighted by Gasteiger charge is -2.17. The topological polar surface area (TPSA) is 88.4 Å². The first-order chi connectivity index (χ1) is 16.1. The van der Waals surface area contributed by atoms with Crippen LogP contribution >= 0.6 is 0 Å². The van der Waals surface area contributed by atoms with Crippen molar-refractivity contribution >= 4 is 23.1 Å². The van der Waals surface area contributed by atoms with Crippen LogP contribution in [0.2, 0.25) is 0 Å². The molecule has 4 rings (SSSR count). The molecule has 10 heteroatoms. The number of benzene rings is 2. The van der Waals surface area contributed by atoms with Gasteiger partial charge in [0.05, 0.1) is 24.0 Å². The van der Waals surface area contributed by atoms with E-state index < -0.39 is 23.7 Å². The second-order valence-electron chi connectivity index (χ2n) is 7.75. The number of halogens is 3. The van der Waals surface area contributed by atoms with E-state index in [9.17, 15) is 22.8 Å². The minimum Gasteiger partial charge on any atom is -0.346 e. The van der Waals surface area contributed by atoms with Gasteiger partial charge in [-0.15, -0.1) is 0 Å². The number of hydrogen-bond donors (Lipinski definition) is 2. The van der Waals surface area contributed by atoms with Gasteiger partial charge >= 0.3 is 6.18 Å². The number of nitrogens with one attached hydrogen (secondary N) is 2. The Balaban J connectivity index is 1.51. The number of hydrogen-bond acceptors (Lipinski definition) is 4. The van der Waals surface area contributed by atoms with Crippen LogP contribution in [0.15, 0.2) is 67.3 Å². The second-order valence-corrected chi connectivity index (χ2v) is 7.75. The third kappa shape index (κ3) is 4.75. The van der Waals surface area contributed by atoms with Crippen LogP contribution in [0.1, 0.15) is 50.5 Å². The number of rotatable bonds is 5. The molecule has 0 radical (unpaired) electrons. The molecule has 2 amide bonds. The normalized spacial score (nSPS) is 12.4. The summed E-state index contributed by atoms with van der Waals surface area (Å²) in [6, 6.07) is 9.00. The minimum absolute atomic E-state index is 0.0931. The van der Waals surface area contributed by atoms with Crippen molar-refractivity contribution in [1.82, 2.24) is 19.7 Å². The highest BCUT2D eigenvalue weighted by Crippen LogP contribution is 2.30. The van der Waals surface area contributed by atoms with Crippen LogP contribution in [0, 0.1) is 6.92 Å². The van der Waals surface area contributed by atoms with Crippen molar-refractivity contribution in [3.8, 4) is 0 Å². The summed E-state index contributed by atoms with van der Waals surface area (Å²) < 4.78 is 40.5. The number of aromatic nitrogens is 3. The first-order valence-electron chi connectivity index (χ1n) is 10.3. The number of fused-ring (bicyclic) bond motifs is 1. The molecule has 0 saturated carbocycles. The van der Waals surface area contributed by atoms with Crippen molar-refractivity contribution in [2.75, 3.05) is 5.32 Å². The fraction of sp³-hybridized carbons (Fsp3) is 0.167. The van der Waals surface area contributed by atoms with Crippen molar-refractivity contribution < 1.29 is 22.8 Å². The van der Waals surface area contributed by atoms with Crippen LogP contribution in [-0.4, -0.2) is 26.2 Å². The number of carbonyl (C=O) groups excluding carboxylic acids is 2. The van der Waals surface area contributed by atoms with Crippen molar-refractivity contribution in [2.45, 2.75) is 26.1 Å². The van der Waals surface area contributed by atoms with Gasteiger partial charge in [-0.05, 0) is 49.2 Å². The van der Waals surface area contributed by atoms with Crippen molar-refractivity contribution in [2.24, 2.45) is 0 Å². The molecule has 34 heavy (non-hydrogen) atoms. The Morgan fingerprint density at radius 3 is 2.62 bits per heavy atom. The van der Waals surface area contributed by atoms with Crippen LogP contribution in [0.3, 0.4) is 0 Å². The largest absolute Gasteiger partial charge is 0.416 e. The number of imidazole rings is 1. The van der Waals surface area contributed by atoms with Gasteiger partial charge in [0, 0.05) is 23.6 Å². The van der Waals surface area contributed by atoms with E-state index in [2.05, 4.69) is 20.6 Å². The summed E-state index contributed by atoms with van der Waals surface area (Å²) in [5.41, 5.74) is 1.87. The van der Waals surface area contributed by atoms with E-state index in [0.29, 0.717) is 22.6 Å². The lowest BCUT2D eigenvalue weighted by molar-refractivity contribution is -0.137. The quantitative estimate of drug-likeness (QED) is 0.441. The molecule has 0 unspecified atom stereocenters. The predicted octanol–water partition coefficient (Wildman–Crippen LogP) is 4.80. The molecule has 4 aromatic rings. The van der Waals surface area contributed by atoms with E-state index in [0.717, 1.165) is 17.7 Å². The van der Waals surface area contributed by atoms with Gasteiger partial charge in [0.1, 0.15) is 5.69 Å². The summed E-state index contributed by atoms with van der Waals surface area (Å²) >= 11 is 0. The summed E-state index contributed by atoms with van der Waals surface area (Å²) in [5, 5.41) is 5.55. The Kier molecular flexibility index (Phi) is 6.06. The highest BCUT2D eigenvalue weighted by atomic mass is 19.4. The molecule has 174 valence electrons. The molecule has 2 aromatic carbocycles. The van der Waals surface area contributed by atoms with Crippen molar-refractivity contribution in [1.29, 1.82) is 0 Å². The highest BCUT2D eigenvalue weighted by Gasteiger charge is 2.31. The molecular weight excluding hydrogens is 447 g/mol. The average molecular weight is 467 g/mol. The van der Waals surface area contributed by atoms with E-state index in [1.807, 2.05) is 6.92 Å². The fourth-order valence-corrected chi connectivity index (χ4v) is 3.44. The highest BCUT2D eigenvalue weighted by molar-refractivity contribution is 6.04. The van der Waals surface area contributed by atoms with Crippen LogP contribution in [-0.2, 0) is 6.18 Å². The first kappa shape index (κ1) is 23.0. The number of aryl methyl sites for hydroxylation is 1. The van der Waals surface area contributed by atoms with Gasteiger partial charge in [0.15, 0.2) is 5.65 Å². The Hall–Kier alpha value is -4.21. The molecule has 2 aromatic heterocycles. The van der Waals surface area contributed by atoms with Gasteiger partial charge in [0.2, 0.25) is 0 Å². The zero-order chi connectivity index (χ0) is 24.5. The molecule has 0 aliphatic carbocycles. The maximum atomic E-state index is 13.0. The van der Waals surface area contributed by atoms with Gasteiger partial charge in [-0.1, -0.05) is 18.2 Å². The Bertz CT molecular complexity index is 1380. The molecule has 7 nitrogen and oxygen atoms in total. The van der Waals surface area contributed by atoms with Crippen LogP contribution in [0.25, 0.3) is 5.65 Å². The van der Waals surface area contributed by atoms with Crippen molar-refractivity contribution in [3.63, 3.8) is 0 Å². The van der Waals surface area contributed by atoms with Crippen molar-refractivity contribution in [3.05, 3.63) is 95.2 Å². The summed E-state index contributed by atoms with van der Waals surface area (Å²) in [6.07, 6.45) is 1.63. The maximum Gasteiger partial charge on any atom is 0.416 e.